The van der Waals surface area contributed by atoms with Gasteiger partial charge in [-0.3, -0.25) is 5.10 Å². The summed E-state index contributed by atoms with van der Waals surface area (Å²) in [5.74, 6) is 2.61. The van der Waals surface area contributed by atoms with Gasteiger partial charge in [0.15, 0.2) is 17.3 Å². The standard InChI is InChI=1S/C18H26N4O2S/c1-5-10-24-15-9-8-13(11-16(15)23-4)12-19-22-17(14(6-2)7-3)20-21-18(22)25/h8-9,11-12,14H,5-7,10H2,1-4H3,(H,21,25)/b19-12-. The molecule has 2 aromatic rings. The first-order chi connectivity index (χ1) is 12.1. The second kappa shape index (κ2) is 9.36. The molecule has 1 N–H and O–H groups in total. The van der Waals surface area contributed by atoms with E-state index in [-0.39, 0.29) is 0 Å². The molecular formula is C18H26N4O2S. The minimum absolute atomic E-state index is 0.324. The van der Waals surface area contributed by atoms with E-state index in [2.05, 4.69) is 36.1 Å². The third-order valence-corrected chi connectivity index (χ3v) is 4.26. The van der Waals surface area contributed by atoms with E-state index in [1.165, 1.54) is 0 Å². The van der Waals surface area contributed by atoms with Crippen molar-refractivity contribution in [2.24, 2.45) is 5.10 Å². The number of H-pyrrole nitrogens is 1. The maximum atomic E-state index is 5.67. The number of nitrogens with one attached hydrogen (secondary N) is 1. The van der Waals surface area contributed by atoms with Crippen LogP contribution >= 0.6 is 12.2 Å². The van der Waals surface area contributed by atoms with Crippen molar-refractivity contribution in [1.82, 2.24) is 14.9 Å². The van der Waals surface area contributed by atoms with Crippen LogP contribution in [-0.2, 0) is 0 Å². The van der Waals surface area contributed by atoms with E-state index in [4.69, 9.17) is 21.7 Å². The lowest BCUT2D eigenvalue weighted by Crippen LogP contribution is -2.05. The van der Waals surface area contributed by atoms with Crippen LogP contribution in [0, 0.1) is 4.77 Å². The fraction of sp³-hybridized carbons (Fsp3) is 0.500. The Morgan fingerprint density at radius 1 is 1.28 bits per heavy atom. The number of methoxy groups -OCH3 is 1. The van der Waals surface area contributed by atoms with Crippen LogP contribution in [0.4, 0.5) is 0 Å². The van der Waals surface area contributed by atoms with Crippen molar-refractivity contribution in [1.29, 1.82) is 0 Å². The van der Waals surface area contributed by atoms with Gasteiger partial charge < -0.3 is 9.47 Å². The van der Waals surface area contributed by atoms with Crippen LogP contribution in [0.2, 0.25) is 0 Å². The van der Waals surface area contributed by atoms with Crippen LogP contribution < -0.4 is 9.47 Å². The number of benzene rings is 1. The van der Waals surface area contributed by atoms with Gasteiger partial charge in [-0.05, 0) is 55.2 Å². The molecule has 0 bridgehead atoms. The van der Waals surface area contributed by atoms with Crippen LogP contribution in [0.25, 0.3) is 0 Å². The third kappa shape index (κ3) is 4.69. The average molecular weight is 362 g/mol. The Labute approximate surface area is 153 Å². The summed E-state index contributed by atoms with van der Waals surface area (Å²) < 4.78 is 13.3. The first-order valence-corrected chi connectivity index (χ1v) is 9.07. The molecule has 1 aromatic heterocycles. The average Bonchev–Trinajstić information content (AvgIpc) is 3.00. The summed E-state index contributed by atoms with van der Waals surface area (Å²) >= 11 is 5.31. The summed E-state index contributed by atoms with van der Waals surface area (Å²) in [6, 6.07) is 5.73. The van der Waals surface area contributed by atoms with E-state index in [1.807, 2.05) is 18.2 Å². The van der Waals surface area contributed by atoms with E-state index in [1.54, 1.807) is 18.0 Å². The van der Waals surface area contributed by atoms with Gasteiger partial charge in [-0.25, -0.2) is 0 Å². The van der Waals surface area contributed by atoms with Gasteiger partial charge in [-0.15, -0.1) is 0 Å². The van der Waals surface area contributed by atoms with Crippen molar-refractivity contribution in [3.63, 3.8) is 0 Å². The highest BCUT2D eigenvalue weighted by Crippen LogP contribution is 2.28. The smallest absolute Gasteiger partial charge is 0.216 e. The molecule has 2 rings (SSSR count). The number of nitrogens with zero attached hydrogens (tertiary/aromatic N) is 3. The molecule has 0 radical (unpaired) electrons. The molecule has 25 heavy (non-hydrogen) atoms. The predicted molar refractivity (Wildman–Crippen MR) is 103 cm³/mol. The zero-order chi connectivity index (χ0) is 18.2. The summed E-state index contributed by atoms with van der Waals surface area (Å²) in [5, 5.41) is 11.7. The molecular weight excluding hydrogens is 336 g/mol. The monoisotopic (exact) mass is 362 g/mol. The lowest BCUT2D eigenvalue weighted by molar-refractivity contribution is 0.294. The summed E-state index contributed by atoms with van der Waals surface area (Å²) in [5.41, 5.74) is 0.902. The first-order valence-electron chi connectivity index (χ1n) is 8.67. The lowest BCUT2D eigenvalue weighted by Gasteiger charge is -2.11. The molecule has 0 aliphatic carbocycles. The molecule has 0 amide bonds. The number of hydrogen-bond acceptors (Lipinski definition) is 5. The zero-order valence-corrected chi connectivity index (χ0v) is 16.1. The van der Waals surface area contributed by atoms with Gasteiger partial charge in [0.05, 0.1) is 19.9 Å². The number of ether oxygens (including phenoxy) is 2. The minimum atomic E-state index is 0.324. The molecule has 0 spiro atoms. The molecule has 6 nitrogen and oxygen atoms in total. The van der Waals surface area contributed by atoms with Crippen LogP contribution in [0.5, 0.6) is 11.5 Å². The largest absolute Gasteiger partial charge is 0.493 e. The highest BCUT2D eigenvalue weighted by Gasteiger charge is 2.15. The van der Waals surface area contributed by atoms with Crippen molar-refractivity contribution in [3.8, 4) is 11.5 Å². The minimum Gasteiger partial charge on any atom is -0.493 e. The predicted octanol–water partition coefficient (Wildman–Crippen LogP) is 4.52. The van der Waals surface area contributed by atoms with E-state index in [0.717, 1.165) is 36.4 Å². The molecule has 1 heterocycles. The van der Waals surface area contributed by atoms with Gasteiger partial charge in [-0.1, -0.05) is 20.8 Å². The Morgan fingerprint density at radius 3 is 2.68 bits per heavy atom. The highest BCUT2D eigenvalue weighted by molar-refractivity contribution is 7.71. The molecule has 0 fully saturated rings. The Hall–Kier alpha value is -2.15. The topological polar surface area (TPSA) is 64.4 Å². The van der Waals surface area contributed by atoms with Gasteiger partial charge in [-0.2, -0.15) is 14.9 Å². The highest BCUT2D eigenvalue weighted by atomic mass is 32.1. The summed E-state index contributed by atoms with van der Waals surface area (Å²) in [6.07, 6.45) is 4.68. The Morgan fingerprint density at radius 2 is 2.04 bits per heavy atom. The van der Waals surface area contributed by atoms with Crippen LogP contribution in [-0.4, -0.2) is 34.8 Å². The Bertz CT molecular complexity index is 763. The Balaban J connectivity index is 2.28. The van der Waals surface area contributed by atoms with Crippen molar-refractivity contribution in [2.75, 3.05) is 13.7 Å². The SMILES string of the molecule is CCCOc1ccc(/C=N\n2c(C(CC)CC)n[nH]c2=S)cc1OC. The second-order valence-corrected chi connectivity index (χ2v) is 6.10. The fourth-order valence-corrected chi connectivity index (χ4v) is 2.74. The molecule has 0 aliphatic rings. The maximum absolute atomic E-state index is 5.67. The number of aromatic nitrogens is 3. The molecule has 1 aromatic carbocycles. The Kier molecular flexibility index (Phi) is 7.18. The van der Waals surface area contributed by atoms with E-state index in [9.17, 15) is 0 Å². The van der Waals surface area contributed by atoms with Crippen LogP contribution in [0.15, 0.2) is 23.3 Å². The molecule has 0 aliphatic heterocycles. The summed E-state index contributed by atoms with van der Waals surface area (Å²) in [4.78, 5) is 0. The fourth-order valence-electron chi connectivity index (χ4n) is 2.55. The maximum Gasteiger partial charge on any atom is 0.216 e. The van der Waals surface area contributed by atoms with Crippen molar-refractivity contribution in [3.05, 3.63) is 34.4 Å². The molecule has 0 saturated carbocycles. The lowest BCUT2D eigenvalue weighted by atomic mass is 10.0. The first kappa shape index (κ1) is 19.2. The van der Waals surface area contributed by atoms with Gasteiger partial charge in [0.2, 0.25) is 4.77 Å². The van der Waals surface area contributed by atoms with Crippen molar-refractivity contribution < 1.29 is 9.47 Å². The van der Waals surface area contributed by atoms with Gasteiger partial charge >= 0.3 is 0 Å². The quantitative estimate of drug-likeness (QED) is 0.526. The van der Waals surface area contributed by atoms with E-state index >= 15 is 0 Å². The second-order valence-electron chi connectivity index (χ2n) is 5.72. The van der Waals surface area contributed by atoms with E-state index < -0.39 is 0 Å². The number of hydrogen-bond donors (Lipinski definition) is 1. The van der Waals surface area contributed by atoms with Crippen molar-refractivity contribution >= 4 is 18.4 Å². The van der Waals surface area contributed by atoms with E-state index in [0.29, 0.717) is 23.0 Å². The van der Waals surface area contributed by atoms with Gasteiger partial charge in [0.25, 0.3) is 0 Å². The normalized spacial score (nSPS) is 11.4. The van der Waals surface area contributed by atoms with Crippen LogP contribution in [0.3, 0.4) is 0 Å². The molecule has 0 unspecified atom stereocenters. The number of rotatable bonds is 9. The molecule has 0 saturated heterocycles. The molecule has 7 heteroatoms. The number of aromatic amines is 1. The summed E-state index contributed by atoms with van der Waals surface area (Å²) in [6.45, 7) is 7.01. The zero-order valence-electron chi connectivity index (χ0n) is 15.3. The van der Waals surface area contributed by atoms with Gasteiger partial charge in [0, 0.05) is 5.92 Å². The third-order valence-electron chi connectivity index (χ3n) is 4.00. The molecule has 136 valence electrons. The van der Waals surface area contributed by atoms with Crippen LogP contribution in [0.1, 0.15) is 57.3 Å². The summed E-state index contributed by atoms with van der Waals surface area (Å²) in [7, 11) is 1.63. The van der Waals surface area contributed by atoms with Gasteiger partial charge in [0.1, 0.15) is 0 Å². The van der Waals surface area contributed by atoms with Crippen molar-refractivity contribution in [2.45, 2.75) is 46.0 Å². The molecule has 0 atom stereocenters.